The zero-order valence-electron chi connectivity index (χ0n) is 22.5. The second kappa shape index (κ2) is 11.5. The molecule has 2 rings (SSSR count). The maximum atomic E-state index is 12.6. The SMILES string of the molecule is CC(C)(CCC#Cc1ccc(COc2ccc(S(N)(=O)=O)cc2)cc1)CC(C)(C)C(=O)OC(C)(C)C. The van der Waals surface area contributed by atoms with Crippen LogP contribution in [-0.2, 0) is 26.2 Å². The fourth-order valence-electron chi connectivity index (χ4n) is 3.92. The van der Waals surface area contributed by atoms with Gasteiger partial charge in [-0.1, -0.05) is 37.8 Å². The monoisotopic (exact) mass is 513 g/mol. The van der Waals surface area contributed by atoms with E-state index >= 15 is 0 Å². The van der Waals surface area contributed by atoms with Gasteiger partial charge in [-0.3, -0.25) is 4.79 Å². The number of hydrogen-bond donors (Lipinski definition) is 1. The molecule has 0 saturated heterocycles. The topological polar surface area (TPSA) is 95.7 Å². The van der Waals surface area contributed by atoms with E-state index in [1.165, 1.54) is 12.1 Å². The van der Waals surface area contributed by atoms with Crippen LogP contribution < -0.4 is 9.88 Å². The van der Waals surface area contributed by atoms with Crippen molar-refractivity contribution in [3.05, 3.63) is 59.7 Å². The minimum absolute atomic E-state index is 0.0490. The number of nitrogens with two attached hydrogens (primary N) is 1. The maximum Gasteiger partial charge on any atom is 0.312 e. The van der Waals surface area contributed by atoms with Gasteiger partial charge in [-0.15, -0.1) is 0 Å². The van der Waals surface area contributed by atoms with Crippen LogP contribution in [0.2, 0.25) is 0 Å². The van der Waals surface area contributed by atoms with Crippen molar-refractivity contribution < 1.29 is 22.7 Å². The van der Waals surface area contributed by atoms with Crippen LogP contribution in [0.15, 0.2) is 53.4 Å². The molecule has 2 N–H and O–H groups in total. The summed E-state index contributed by atoms with van der Waals surface area (Å²) in [6.45, 7) is 14.2. The molecule has 0 saturated carbocycles. The van der Waals surface area contributed by atoms with Crippen molar-refractivity contribution in [1.82, 2.24) is 0 Å². The number of hydrogen-bond acceptors (Lipinski definition) is 5. The number of primary sulfonamides is 1. The van der Waals surface area contributed by atoms with Crippen molar-refractivity contribution in [3.8, 4) is 17.6 Å². The van der Waals surface area contributed by atoms with E-state index in [1.807, 2.05) is 58.9 Å². The summed E-state index contributed by atoms with van der Waals surface area (Å²) in [7, 11) is -3.71. The molecule has 0 spiro atoms. The molecule has 7 heteroatoms. The summed E-state index contributed by atoms with van der Waals surface area (Å²) in [5, 5.41) is 5.11. The van der Waals surface area contributed by atoms with Gasteiger partial charge in [-0.25, -0.2) is 13.6 Å². The third-order valence-electron chi connectivity index (χ3n) is 5.54. The van der Waals surface area contributed by atoms with Gasteiger partial charge in [-0.05, 0) is 94.8 Å². The Balaban J connectivity index is 1.86. The molecule has 0 aliphatic carbocycles. The van der Waals surface area contributed by atoms with E-state index in [-0.39, 0.29) is 16.3 Å². The molecule has 196 valence electrons. The van der Waals surface area contributed by atoms with E-state index in [0.29, 0.717) is 12.4 Å². The molecule has 2 aromatic rings. The van der Waals surface area contributed by atoms with Crippen molar-refractivity contribution in [3.63, 3.8) is 0 Å². The van der Waals surface area contributed by atoms with Gasteiger partial charge in [0.05, 0.1) is 10.3 Å². The van der Waals surface area contributed by atoms with Crippen LogP contribution in [0.4, 0.5) is 0 Å². The highest BCUT2D eigenvalue weighted by molar-refractivity contribution is 7.89. The van der Waals surface area contributed by atoms with Crippen LogP contribution in [0.5, 0.6) is 5.75 Å². The van der Waals surface area contributed by atoms with Gasteiger partial charge in [0.15, 0.2) is 0 Å². The normalized spacial score (nSPS) is 12.4. The Morgan fingerprint density at radius 3 is 2.03 bits per heavy atom. The number of sulfonamides is 1. The lowest BCUT2D eigenvalue weighted by Gasteiger charge is -2.35. The van der Waals surface area contributed by atoms with Gasteiger partial charge in [0.1, 0.15) is 18.0 Å². The van der Waals surface area contributed by atoms with Crippen LogP contribution in [0.1, 0.15) is 78.9 Å². The molecule has 2 aromatic carbocycles. The Kier molecular flexibility index (Phi) is 9.39. The van der Waals surface area contributed by atoms with Crippen LogP contribution >= 0.6 is 0 Å². The molecule has 0 bridgehead atoms. The molecule has 0 unspecified atom stereocenters. The maximum absolute atomic E-state index is 12.6. The summed E-state index contributed by atoms with van der Waals surface area (Å²) in [6, 6.07) is 13.8. The van der Waals surface area contributed by atoms with E-state index in [4.69, 9.17) is 14.6 Å². The summed E-state index contributed by atoms with van der Waals surface area (Å²) < 4.78 is 34.0. The Labute approximate surface area is 216 Å². The molecule has 0 aromatic heterocycles. The first-order valence-electron chi connectivity index (χ1n) is 12.0. The lowest BCUT2D eigenvalue weighted by Crippen LogP contribution is -2.36. The Bertz CT molecular complexity index is 1190. The zero-order chi connectivity index (χ0) is 27.2. The van der Waals surface area contributed by atoms with E-state index in [2.05, 4.69) is 25.7 Å². The van der Waals surface area contributed by atoms with Crippen molar-refractivity contribution >= 4 is 16.0 Å². The van der Waals surface area contributed by atoms with Crippen molar-refractivity contribution in [2.24, 2.45) is 16.0 Å². The summed E-state index contributed by atoms with van der Waals surface area (Å²) in [5.74, 6) is 6.84. The highest BCUT2D eigenvalue weighted by atomic mass is 32.2. The smallest absolute Gasteiger partial charge is 0.312 e. The van der Waals surface area contributed by atoms with Gasteiger partial charge >= 0.3 is 5.97 Å². The molecule has 0 atom stereocenters. The quantitative estimate of drug-likeness (QED) is 0.336. The molecule has 0 radical (unpaired) electrons. The number of rotatable bonds is 9. The standard InChI is InChI=1S/C29H39NO5S/c1-27(2,3)35-26(31)29(6,7)21-28(4,5)19-9-8-10-22-11-13-23(14-12-22)20-34-24-15-17-25(18-16-24)36(30,32)33/h11-18H,9,19-21H2,1-7H3,(H2,30,32,33). The zero-order valence-corrected chi connectivity index (χ0v) is 23.3. The van der Waals surface area contributed by atoms with Crippen LogP contribution in [-0.4, -0.2) is 20.0 Å². The molecule has 6 nitrogen and oxygen atoms in total. The number of benzene rings is 2. The van der Waals surface area contributed by atoms with Crippen molar-refractivity contribution in [2.75, 3.05) is 0 Å². The van der Waals surface area contributed by atoms with Crippen LogP contribution in [0.25, 0.3) is 0 Å². The minimum Gasteiger partial charge on any atom is -0.489 e. The third kappa shape index (κ3) is 10.0. The summed E-state index contributed by atoms with van der Waals surface area (Å²) in [5.41, 5.74) is 0.784. The van der Waals surface area contributed by atoms with Gasteiger partial charge in [0, 0.05) is 12.0 Å². The molecular formula is C29H39NO5S. The van der Waals surface area contributed by atoms with E-state index < -0.39 is 21.0 Å². The highest BCUT2D eigenvalue weighted by Gasteiger charge is 2.37. The average molecular weight is 514 g/mol. The number of carbonyl (C=O) groups is 1. The van der Waals surface area contributed by atoms with E-state index in [1.54, 1.807) is 12.1 Å². The van der Waals surface area contributed by atoms with Crippen molar-refractivity contribution in [2.45, 2.75) is 84.8 Å². The van der Waals surface area contributed by atoms with Gasteiger partial charge in [0.25, 0.3) is 0 Å². The minimum atomic E-state index is -3.71. The third-order valence-corrected chi connectivity index (χ3v) is 6.47. The molecule has 0 aliphatic heterocycles. The molecule has 36 heavy (non-hydrogen) atoms. The van der Waals surface area contributed by atoms with E-state index in [9.17, 15) is 13.2 Å². The second-order valence-electron chi connectivity index (χ2n) is 11.5. The van der Waals surface area contributed by atoms with Crippen LogP contribution in [0.3, 0.4) is 0 Å². The number of carbonyl (C=O) groups excluding carboxylic acids is 1. The first kappa shape index (κ1) is 29.4. The lowest BCUT2D eigenvalue weighted by atomic mass is 9.73. The predicted octanol–water partition coefficient (Wildman–Crippen LogP) is 5.83. The number of ether oxygens (including phenoxy) is 2. The molecule has 0 fully saturated rings. The number of esters is 1. The first-order chi connectivity index (χ1) is 16.5. The second-order valence-corrected chi connectivity index (χ2v) is 13.1. The molecule has 0 aliphatic rings. The molecule has 0 amide bonds. The summed E-state index contributed by atoms with van der Waals surface area (Å²) >= 11 is 0. The average Bonchev–Trinajstić information content (AvgIpc) is 2.74. The Hall–Kier alpha value is -2.82. The molecule has 0 heterocycles. The van der Waals surface area contributed by atoms with Gasteiger partial charge < -0.3 is 9.47 Å². The van der Waals surface area contributed by atoms with E-state index in [0.717, 1.165) is 30.4 Å². The largest absolute Gasteiger partial charge is 0.489 e. The Morgan fingerprint density at radius 1 is 0.917 bits per heavy atom. The predicted molar refractivity (Wildman–Crippen MR) is 143 cm³/mol. The first-order valence-corrected chi connectivity index (χ1v) is 13.6. The Morgan fingerprint density at radius 2 is 1.50 bits per heavy atom. The summed E-state index contributed by atoms with van der Waals surface area (Å²) in [6.07, 6.45) is 2.33. The fraction of sp³-hybridized carbons (Fsp3) is 0.483. The van der Waals surface area contributed by atoms with Gasteiger partial charge in [0.2, 0.25) is 10.0 Å². The van der Waals surface area contributed by atoms with Crippen LogP contribution in [0, 0.1) is 22.7 Å². The summed E-state index contributed by atoms with van der Waals surface area (Å²) in [4.78, 5) is 12.6. The molecular weight excluding hydrogens is 474 g/mol. The fourth-order valence-corrected chi connectivity index (χ4v) is 4.43. The van der Waals surface area contributed by atoms with Gasteiger partial charge in [-0.2, -0.15) is 0 Å². The van der Waals surface area contributed by atoms with Crippen molar-refractivity contribution in [1.29, 1.82) is 0 Å². The highest BCUT2D eigenvalue weighted by Crippen LogP contribution is 2.38. The lowest BCUT2D eigenvalue weighted by molar-refractivity contribution is -0.167.